The summed E-state index contributed by atoms with van der Waals surface area (Å²) in [5, 5.41) is 3.90. The Morgan fingerprint density at radius 3 is 2.15 bits per heavy atom. The second-order valence-corrected chi connectivity index (χ2v) is 7.78. The summed E-state index contributed by atoms with van der Waals surface area (Å²) >= 11 is 3.33. The van der Waals surface area contributed by atoms with Crippen molar-refractivity contribution in [2.24, 2.45) is 5.10 Å². The van der Waals surface area contributed by atoms with Gasteiger partial charge in [0.05, 0.1) is 18.4 Å². The van der Waals surface area contributed by atoms with Crippen molar-refractivity contribution >= 4 is 34.0 Å². The van der Waals surface area contributed by atoms with Gasteiger partial charge in [-0.05, 0) is 84.8 Å². The number of halogens is 1. The van der Waals surface area contributed by atoms with Crippen LogP contribution in [0.15, 0.2) is 82.4 Å². The predicted octanol–water partition coefficient (Wildman–Crippen LogP) is 4.99. The number of nitrogens with zero attached hydrogens (tertiary/aromatic N) is 1. The van der Waals surface area contributed by atoms with Crippen molar-refractivity contribution in [3.8, 4) is 17.2 Å². The largest absolute Gasteiger partial charge is 0.494 e. The number of nitrogens with one attached hydrogen (secondary N) is 1. The normalized spacial score (nSPS) is 10.6. The van der Waals surface area contributed by atoms with Crippen LogP contribution in [-0.2, 0) is 4.79 Å². The first-order valence-electron chi connectivity index (χ1n) is 10.3. The lowest BCUT2D eigenvalue weighted by Gasteiger charge is -2.07. The highest BCUT2D eigenvalue weighted by Gasteiger charge is 2.09. The van der Waals surface area contributed by atoms with Crippen LogP contribution in [0.5, 0.6) is 17.2 Å². The fourth-order valence-electron chi connectivity index (χ4n) is 2.59. The lowest BCUT2D eigenvalue weighted by atomic mass is 10.2. The number of amides is 1. The van der Waals surface area contributed by atoms with Crippen LogP contribution in [0, 0.1) is 0 Å². The molecule has 0 spiro atoms. The molecular formula is C25H23BrN2O5. The van der Waals surface area contributed by atoms with Crippen molar-refractivity contribution in [1.82, 2.24) is 5.43 Å². The molecule has 3 aromatic carbocycles. The highest BCUT2D eigenvalue weighted by Crippen LogP contribution is 2.17. The summed E-state index contributed by atoms with van der Waals surface area (Å²) in [4.78, 5) is 24.1. The van der Waals surface area contributed by atoms with Crippen LogP contribution in [0.1, 0.15) is 29.3 Å². The third kappa shape index (κ3) is 8.08. The van der Waals surface area contributed by atoms with Crippen molar-refractivity contribution in [3.63, 3.8) is 0 Å². The number of carbonyl (C=O) groups is 2. The molecule has 0 saturated carbocycles. The Hall–Kier alpha value is -3.65. The molecule has 0 aliphatic heterocycles. The summed E-state index contributed by atoms with van der Waals surface area (Å²) in [6.07, 6.45) is 2.40. The average Bonchev–Trinajstić information content (AvgIpc) is 2.84. The van der Waals surface area contributed by atoms with E-state index in [1.807, 2.05) is 19.1 Å². The molecule has 1 N–H and O–H groups in total. The number of hydrogen-bond acceptors (Lipinski definition) is 6. The summed E-state index contributed by atoms with van der Waals surface area (Å²) in [6, 6.07) is 20.7. The van der Waals surface area contributed by atoms with Gasteiger partial charge >= 0.3 is 5.97 Å². The average molecular weight is 511 g/mol. The highest BCUT2D eigenvalue weighted by molar-refractivity contribution is 9.10. The molecule has 0 atom stereocenters. The molecular weight excluding hydrogens is 488 g/mol. The number of hydrazone groups is 1. The zero-order valence-electron chi connectivity index (χ0n) is 18.0. The molecule has 0 bridgehead atoms. The summed E-state index contributed by atoms with van der Waals surface area (Å²) < 4.78 is 17.2. The van der Waals surface area contributed by atoms with Gasteiger partial charge in [0.15, 0.2) is 6.61 Å². The van der Waals surface area contributed by atoms with Crippen LogP contribution in [0.3, 0.4) is 0 Å². The third-order valence-corrected chi connectivity index (χ3v) is 4.77. The molecule has 8 heteroatoms. The SMILES string of the molecule is CCCOc1ccc(C(=O)Oc2ccc(/C=N\NC(=O)COc3ccc(Br)cc3)cc2)cc1. The fourth-order valence-corrected chi connectivity index (χ4v) is 2.85. The second-order valence-electron chi connectivity index (χ2n) is 6.87. The first kappa shape index (κ1) is 24.0. The van der Waals surface area contributed by atoms with Crippen molar-refractivity contribution in [2.75, 3.05) is 13.2 Å². The number of rotatable bonds is 10. The second kappa shape index (κ2) is 12.4. The van der Waals surface area contributed by atoms with Gasteiger partial charge < -0.3 is 14.2 Å². The monoisotopic (exact) mass is 510 g/mol. The molecule has 7 nitrogen and oxygen atoms in total. The van der Waals surface area contributed by atoms with E-state index in [-0.39, 0.29) is 12.5 Å². The number of ether oxygens (including phenoxy) is 3. The lowest BCUT2D eigenvalue weighted by Crippen LogP contribution is -2.24. The molecule has 0 fully saturated rings. The summed E-state index contributed by atoms with van der Waals surface area (Å²) in [6.45, 7) is 2.50. The molecule has 0 unspecified atom stereocenters. The topological polar surface area (TPSA) is 86.2 Å². The molecule has 0 aromatic heterocycles. The van der Waals surface area contributed by atoms with Crippen LogP contribution in [-0.4, -0.2) is 31.3 Å². The Morgan fingerprint density at radius 2 is 1.48 bits per heavy atom. The van der Waals surface area contributed by atoms with Gasteiger partial charge in [0.25, 0.3) is 5.91 Å². The summed E-state index contributed by atoms with van der Waals surface area (Å²) in [5.41, 5.74) is 3.55. The molecule has 3 rings (SSSR count). The van der Waals surface area contributed by atoms with E-state index in [2.05, 4.69) is 26.5 Å². The van der Waals surface area contributed by atoms with Crippen molar-refractivity contribution in [3.05, 3.63) is 88.4 Å². The molecule has 0 aliphatic carbocycles. The van der Waals surface area contributed by atoms with Crippen LogP contribution in [0.25, 0.3) is 0 Å². The van der Waals surface area contributed by atoms with Crippen LogP contribution >= 0.6 is 15.9 Å². The molecule has 0 radical (unpaired) electrons. The van der Waals surface area contributed by atoms with E-state index in [9.17, 15) is 9.59 Å². The Labute approximate surface area is 200 Å². The van der Waals surface area contributed by atoms with Gasteiger partial charge in [0.2, 0.25) is 0 Å². The van der Waals surface area contributed by atoms with Crippen LogP contribution in [0.4, 0.5) is 0 Å². The van der Waals surface area contributed by atoms with E-state index in [1.165, 1.54) is 6.21 Å². The van der Waals surface area contributed by atoms with E-state index in [0.717, 1.165) is 16.5 Å². The van der Waals surface area contributed by atoms with Crippen LogP contribution in [0.2, 0.25) is 0 Å². The summed E-state index contributed by atoms with van der Waals surface area (Å²) in [5.74, 6) is 0.852. The van der Waals surface area contributed by atoms with Crippen LogP contribution < -0.4 is 19.6 Å². The molecule has 1 amide bonds. The number of hydrogen-bond donors (Lipinski definition) is 1. The Kier molecular flexibility index (Phi) is 9.02. The maximum absolute atomic E-state index is 12.3. The van der Waals surface area contributed by atoms with Crippen molar-refractivity contribution < 1.29 is 23.8 Å². The Balaban J connectivity index is 1.44. The van der Waals surface area contributed by atoms with Gasteiger partial charge in [-0.25, -0.2) is 10.2 Å². The zero-order chi connectivity index (χ0) is 23.5. The number of benzene rings is 3. The number of esters is 1. The Morgan fingerprint density at radius 1 is 0.879 bits per heavy atom. The highest BCUT2D eigenvalue weighted by atomic mass is 79.9. The third-order valence-electron chi connectivity index (χ3n) is 4.24. The van der Waals surface area contributed by atoms with Gasteiger partial charge in [-0.15, -0.1) is 0 Å². The zero-order valence-corrected chi connectivity index (χ0v) is 19.6. The lowest BCUT2D eigenvalue weighted by molar-refractivity contribution is -0.123. The van der Waals surface area contributed by atoms with Crippen molar-refractivity contribution in [2.45, 2.75) is 13.3 Å². The van der Waals surface area contributed by atoms with Gasteiger partial charge in [-0.2, -0.15) is 5.10 Å². The van der Waals surface area contributed by atoms with E-state index < -0.39 is 5.97 Å². The summed E-state index contributed by atoms with van der Waals surface area (Å²) in [7, 11) is 0. The minimum Gasteiger partial charge on any atom is -0.494 e. The standard InChI is InChI=1S/C25H23BrN2O5/c1-2-15-31-21-11-5-19(6-12-21)25(30)33-23-9-3-18(4-10-23)16-27-28-24(29)17-32-22-13-7-20(26)8-14-22/h3-14,16H,2,15,17H2,1H3,(H,28,29)/b27-16-. The minimum absolute atomic E-state index is 0.153. The fraction of sp³-hybridized carbons (Fsp3) is 0.160. The van der Waals surface area contributed by atoms with E-state index in [4.69, 9.17) is 14.2 Å². The maximum atomic E-state index is 12.3. The van der Waals surface area contributed by atoms with Gasteiger partial charge in [0.1, 0.15) is 17.2 Å². The molecule has 0 saturated heterocycles. The molecule has 170 valence electrons. The maximum Gasteiger partial charge on any atom is 0.343 e. The van der Waals surface area contributed by atoms with E-state index >= 15 is 0 Å². The quantitative estimate of drug-likeness (QED) is 0.180. The van der Waals surface area contributed by atoms with Gasteiger partial charge in [-0.1, -0.05) is 22.9 Å². The van der Waals surface area contributed by atoms with E-state index in [1.54, 1.807) is 60.7 Å². The van der Waals surface area contributed by atoms with Gasteiger partial charge in [-0.3, -0.25) is 4.79 Å². The Bertz CT molecular complexity index is 1080. The van der Waals surface area contributed by atoms with Crippen molar-refractivity contribution in [1.29, 1.82) is 0 Å². The van der Waals surface area contributed by atoms with E-state index in [0.29, 0.717) is 29.4 Å². The molecule has 0 heterocycles. The number of carbonyl (C=O) groups excluding carboxylic acids is 2. The van der Waals surface area contributed by atoms with Gasteiger partial charge in [0, 0.05) is 4.47 Å². The predicted molar refractivity (Wildman–Crippen MR) is 129 cm³/mol. The first-order chi connectivity index (χ1) is 16.0. The molecule has 0 aliphatic rings. The molecule has 3 aromatic rings. The minimum atomic E-state index is -0.462. The smallest absolute Gasteiger partial charge is 0.343 e. The molecule has 33 heavy (non-hydrogen) atoms. The first-order valence-corrected chi connectivity index (χ1v) is 11.1.